The number of hydrogen-bond donors (Lipinski definition) is 3. The third-order valence-corrected chi connectivity index (χ3v) is 2.65. The van der Waals surface area contributed by atoms with Crippen LogP contribution in [0.1, 0.15) is 5.56 Å². The van der Waals surface area contributed by atoms with Crippen LogP contribution in [0.2, 0.25) is 0 Å². The molecule has 0 bridgehead atoms. The molecule has 0 aliphatic rings. The third-order valence-electron chi connectivity index (χ3n) is 2.19. The molecular weight excluding hydrogens is 341 g/mol. The predicted octanol–water partition coefficient (Wildman–Crippen LogP) is 2.35. The molecule has 1 aromatic carbocycles. The van der Waals surface area contributed by atoms with Crippen molar-refractivity contribution in [3.8, 4) is 0 Å². The summed E-state index contributed by atoms with van der Waals surface area (Å²) in [4.78, 5) is 4.00. The Bertz CT molecular complexity index is 479. The van der Waals surface area contributed by atoms with Gasteiger partial charge in [-0.3, -0.25) is 5.43 Å². The monoisotopic (exact) mass is 354 g/mol. The second kappa shape index (κ2) is 7.46. The fourth-order valence-corrected chi connectivity index (χ4v) is 1.83. The molecule has 4 N–H and O–H groups in total. The van der Waals surface area contributed by atoms with Crippen molar-refractivity contribution in [2.45, 2.75) is 6.18 Å². The molecule has 0 spiro atoms. The lowest BCUT2D eigenvalue weighted by atomic mass is 10.2. The van der Waals surface area contributed by atoms with Crippen LogP contribution in [0.4, 0.5) is 18.9 Å². The van der Waals surface area contributed by atoms with Gasteiger partial charge in [-0.15, -0.1) is 0 Å². The highest BCUT2D eigenvalue weighted by Crippen LogP contribution is 2.33. The van der Waals surface area contributed by atoms with Crippen LogP contribution in [0, 0.1) is 0 Å². The number of ether oxygens (including phenoxy) is 1. The second-order valence-corrected chi connectivity index (χ2v) is 4.63. The summed E-state index contributed by atoms with van der Waals surface area (Å²) >= 11 is 3.03. The first-order chi connectivity index (χ1) is 9.36. The number of methoxy groups -OCH3 is 1. The topological polar surface area (TPSA) is 71.7 Å². The number of nitrogens with two attached hydrogens (primary N) is 1. The number of rotatable bonds is 4. The predicted molar refractivity (Wildman–Crippen MR) is 74.3 cm³/mol. The summed E-state index contributed by atoms with van der Waals surface area (Å²) in [7, 11) is 1.52. The molecule has 5 nitrogen and oxygen atoms in total. The molecule has 20 heavy (non-hydrogen) atoms. The van der Waals surface area contributed by atoms with E-state index >= 15 is 0 Å². The van der Waals surface area contributed by atoms with Gasteiger partial charge >= 0.3 is 6.18 Å². The zero-order valence-electron chi connectivity index (χ0n) is 10.6. The van der Waals surface area contributed by atoms with Crippen LogP contribution < -0.4 is 16.6 Å². The highest BCUT2D eigenvalue weighted by molar-refractivity contribution is 9.10. The Balaban J connectivity index is 2.91. The SMILES string of the molecule is COCCN=C(NN)Nc1cc(Br)cc(C(F)(F)F)c1. The van der Waals surface area contributed by atoms with Gasteiger partial charge in [-0.05, 0) is 18.2 Å². The molecule has 0 heterocycles. The number of guanidine groups is 1. The summed E-state index contributed by atoms with van der Waals surface area (Å²) in [6.45, 7) is 0.697. The van der Waals surface area contributed by atoms with E-state index in [4.69, 9.17) is 10.6 Å². The smallest absolute Gasteiger partial charge is 0.383 e. The van der Waals surface area contributed by atoms with Crippen molar-refractivity contribution in [3.63, 3.8) is 0 Å². The average Bonchev–Trinajstić information content (AvgIpc) is 2.36. The van der Waals surface area contributed by atoms with Crippen LogP contribution in [0.25, 0.3) is 0 Å². The first kappa shape index (κ1) is 16.7. The van der Waals surface area contributed by atoms with Gasteiger partial charge in [0.15, 0.2) is 0 Å². The molecule has 0 amide bonds. The van der Waals surface area contributed by atoms with Gasteiger partial charge in [0.2, 0.25) is 5.96 Å². The van der Waals surface area contributed by atoms with E-state index in [2.05, 4.69) is 31.7 Å². The molecule has 0 saturated carbocycles. The highest BCUT2D eigenvalue weighted by atomic mass is 79.9. The molecule has 0 fully saturated rings. The minimum Gasteiger partial charge on any atom is -0.383 e. The molecular formula is C11H14BrF3N4O. The number of benzene rings is 1. The van der Waals surface area contributed by atoms with E-state index in [1.54, 1.807) is 0 Å². The summed E-state index contributed by atoms with van der Waals surface area (Å²) in [6, 6.07) is 3.44. The molecule has 9 heteroatoms. The first-order valence-corrected chi connectivity index (χ1v) is 6.31. The number of hydrogen-bond acceptors (Lipinski definition) is 3. The maximum Gasteiger partial charge on any atom is 0.416 e. The molecule has 0 aliphatic heterocycles. The lowest BCUT2D eigenvalue weighted by Gasteiger charge is -2.13. The zero-order chi connectivity index (χ0) is 15.2. The van der Waals surface area contributed by atoms with E-state index < -0.39 is 11.7 Å². The van der Waals surface area contributed by atoms with Gasteiger partial charge < -0.3 is 10.1 Å². The summed E-state index contributed by atoms with van der Waals surface area (Å²) in [6.07, 6.45) is -4.43. The van der Waals surface area contributed by atoms with E-state index in [1.165, 1.54) is 13.2 Å². The van der Waals surface area contributed by atoms with Gasteiger partial charge in [0.1, 0.15) is 0 Å². The van der Waals surface area contributed by atoms with Gasteiger partial charge in [-0.1, -0.05) is 15.9 Å². The van der Waals surface area contributed by atoms with E-state index in [9.17, 15) is 13.2 Å². The maximum absolute atomic E-state index is 12.7. The molecule has 1 aromatic rings. The van der Waals surface area contributed by atoms with Crippen LogP contribution in [0.15, 0.2) is 27.7 Å². The third kappa shape index (κ3) is 5.35. The fraction of sp³-hybridized carbons (Fsp3) is 0.364. The summed E-state index contributed by atoms with van der Waals surface area (Å²) in [5, 5.41) is 2.67. The van der Waals surface area contributed by atoms with Crippen molar-refractivity contribution < 1.29 is 17.9 Å². The van der Waals surface area contributed by atoms with Crippen molar-refractivity contribution in [2.75, 3.05) is 25.6 Å². The standard InChI is InChI=1S/C11H14BrF3N4O/c1-20-3-2-17-10(19-16)18-9-5-7(11(13,14)15)4-8(12)6-9/h4-6H,2-3,16H2,1H3,(H2,17,18,19). The van der Waals surface area contributed by atoms with Crippen molar-refractivity contribution in [3.05, 3.63) is 28.2 Å². The van der Waals surface area contributed by atoms with E-state index in [0.29, 0.717) is 17.6 Å². The molecule has 0 atom stereocenters. The van der Waals surface area contributed by atoms with Crippen LogP contribution in [0.3, 0.4) is 0 Å². The molecule has 112 valence electrons. The molecule has 0 aliphatic carbocycles. The number of anilines is 1. The van der Waals surface area contributed by atoms with Crippen LogP contribution >= 0.6 is 15.9 Å². The number of nitrogens with zero attached hydrogens (tertiary/aromatic N) is 1. The van der Waals surface area contributed by atoms with Crippen molar-refractivity contribution in [2.24, 2.45) is 10.8 Å². The van der Waals surface area contributed by atoms with E-state index in [1.807, 2.05) is 0 Å². The lowest BCUT2D eigenvalue weighted by molar-refractivity contribution is -0.137. The Morgan fingerprint density at radius 2 is 2.10 bits per heavy atom. The summed E-state index contributed by atoms with van der Waals surface area (Å²) < 4.78 is 43.1. The van der Waals surface area contributed by atoms with Gasteiger partial charge in [-0.2, -0.15) is 13.2 Å². The normalized spacial score (nSPS) is 12.4. The Hall–Kier alpha value is -1.32. The lowest BCUT2D eigenvalue weighted by Crippen LogP contribution is -2.36. The van der Waals surface area contributed by atoms with Gasteiger partial charge in [0.05, 0.1) is 18.7 Å². The minimum absolute atomic E-state index is 0.147. The number of aliphatic imine (C=N–C) groups is 1. The quantitative estimate of drug-likeness (QED) is 0.255. The van der Waals surface area contributed by atoms with Crippen LogP contribution in [-0.4, -0.2) is 26.2 Å². The molecule has 0 aromatic heterocycles. The van der Waals surface area contributed by atoms with E-state index in [0.717, 1.165) is 12.1 Å². The Morgan fingerprint density at radius 3 is 2.65 bits per heavy atom. The van der Waals surface area contributed by atoms with Crippen LogP contribution in [0.5, 0.6) is 0 Å². The molecule has 0 unspecified atom stereocenters. The highest BCUT2D eigenvalue weighted by Gasteiger charge is 2.31. The molecule has 0 radical (unpaired) electrons. The minimum atomic E-state index is -4.43. The molecule has 0 saturated heterocycles. The van der Waals surface area contributed by atoms with Crippen LogP contribution in [-0.2, 0) is 10.9 Å². The first-order valence-electron chi connectivity index (χ1n) is 5.51. The Kier molecular flexibility index (Phi) is 6.24. The zero-order valence-corrected chi connectivity index (χ0v) is 12.2. The largest absolute Gasteiger partial charge is 0.416 e. The number of hydrazine groups is 1. The fourth-order valence-electron chi connectivity index (χ4n) is 1.33. The Labute approximate surface area is 122 Å². The Morgan fingerprint density at radius 1 is 1.40 bits per heavy atom. The second-order valence-electron chi connectivity index (χ2n) is 3.72. The average molecular weight is 355 g/mol. The van der Waals surface area contributed by atoms with Gasteiger partial charge in [-0.25, -0.2) is 10.8 Å². The molecule has 1 rings (SSSR count). The maximum atomic E-state index is 12.7. The van der Waals surface area contributed by atoms with Crippen molar-refractivity contribution in [1.82, 2.24) is 5.43 Å². The van der Waals surface area contributed by atoms with Crippen molar-refractivity contribution in [1.29, 1.82) is 0 Å². The number of alkyl halides is 3. The summed E-state index contributed by atoms with van der Waals surface area (Å²) in [5.41, 5.74) is 1.71. The van der Waals surface area contributed by atoms with E-state index in [-0.39, 0.29) is 11.6 Å². The number of nitrogens with one attached hydrogen (secondary N) is 2. The van der Waals surface area contributed by atoms with Gasteiger partial charge in [0, 0.05) is 17.3 Å². The summed E-state index contributed by atoms with van der Waals surface area (Å²) in [5.74, 6) is 5.39. The number of halogens is 4. The van der Waals surface area contributed by atoms with Gasteiger partial charge in [0.25, 0.3) is 0 Å². The van der Waals surface area contributed by atoms with Crippen molar-refractivity contribution >= 4 is 27.6 Å².